The largest absolute Gasteiger partial charge is 0.383 e. The lowest BCUT2D eigenvalue weighted by molar-refractivity contribution is 0.0922. The van der Waals surface area contributed by atoms with Gasteiger partial charge in [-0.05, 0) is 20.8 Å². The van der Waals surface area contributed by atoms with E-state index >= 15 is 0 Å². The predicted molar refractivity (Wildman–Crippen MR) is 73.1 cm³/mol. The predicted octanol–water partition coefficient (Wildman–Crippen LogP) is 0.0967. The zero-order valence-corrected chi connectivity index (χ0v) is 12.4. The van der Waals surface area contributed by atoms with Crippen LogP contribution in [0.4, 0.5) is 5.82 Å². The van der Waals surface area contributed by atoms with E-state index < -0.39 is 10.0 Å². The minimum absolute atomic E-state index is 0.0600. The number of rotatable bonds is 2. The Balaban J connectivity index is 2.12. The van der Waals surface area contributed by atoms with E-state index in [1.54, 1.807) is 0 Å². The monoisotopic (exact) mass is 287 g/mol. The normalized spacial score (nSPS) is 19.7. The summed E-state index contributed by atoms with van der Waals surface area (Å²) in [5, 5.41) is 6.13. The van der Waals surface area contributed by atoms with Gasteiger partial charge in [0.25, 0.3) is 0 Å². The lowest BCUT2D eigenvalue weighted by Crippen LogP contribution is -2.54. The van der Waals surface area contributed by atoms with Gasteiger partial charge in [0.05, 0.1) is 6.20 Å². The molecule has 0 bridgehead atoms. The van der Waals surface area contributed by atoms with Gasteiger partial charge in [0.15, 0.2) is 0 Å². The fourth-order valence-electron chi connectivity index (χ4n) is 2.23. The molecule has 0 radical (unpaired) electrons. The number of aromatic nitrogens is 2. The van der Waals surface area contributed by atoms with E-state index in [2.05, 4.69) is 35.9 Å². The maximum absolute atomic E-state index is 12.4. The average molecular weight is 287 g/mol. The van der Waals surface area contributed by atoms with Crippen LogP contribution in [0.25, 0.3) is 0 Å². The molecule has 0 amide bonds. The summed E-state index contributed by atoms with van der Waals surface area (Å²) in [7, 11) is -3.53. The van der Waals surface area contributed by atoms with E-state index in [4.69, 9.17) is 5.73 Å². The van der Waals surface area contributed by atoms with Crippen LogP contribution in [-0.4, -0.2) is 59.5 Å². The summed E-state index contributed by atoms with van der Waals surface area (Å²) in [6, 6.07) is 0. The Labute approximate surface area is 113 Å². The third-order valence-electron chi connectivity index (χ3n) is 3.44. The van der Waals surface area contributed by atoms with Crippen LogP contribution in [-0.2, 0) is 10.0 Å². The zero-order chi connectivity index (χ0) is 14.3. The van der Waals surface area contributed by atoms with Gasteiger partial charge in [-0.1, -0.05) is 0 Å². The highest BCUT2D eigenvalue weighted by molar-refractivity contribution is 7.89. The highest BCUT2D eigenvalue weighted by atomic mass is 32.2. The minimum Gasteiger partial charge on any atom is -0.383 e. The Hall–Kier alpha value is -1.12. The number of nitrogens with one attached hydrogen (secondary N) is 1. The first-order valence-electron chi connectivity index (χ1n) is 6.27. The highest BCUT2D eigenvalue weighted by Crippen LogP contribution is 2.23. The molecule has 2 heterocycles. The first kappa shape index (κ1) is 14.3. The number of sulfonamides is 1. The van der Waals surface area contributed by atoms with Gasteiger partial charge in [0.2, 0.25) is 10.0 Å². The second-order valence-corrected chi connectivity index (χ2v) is 7.62. The van der Waals surface area contributed by atoms with Crippen molar-refractivity contribution in [3.8, 4) is 0 Å². The van der Waals surface area contributed by atoms with Crippen molar-refractivity contribution in [1.29, 1.82) is 0 Å². The van der Waals surface area contributed by atoms with Crippen molar-refractivity contribution < 1.29 is 8.42 Å². The quantitative estimate of drug-likeness (QED) is 0.804. The molecule has 108 valence electrons. The maximum Gasteiger partial charge on any atom is 0.248 e. The number of nitrogen functional groups attached to an aromatic ring is 1. The van der Waals surface area contributed by atoms with Crippen LogP contribution in [0.15, 0.2) is 11.1 Å². The van der Waals surface area contributed by atoms with Gasteiger partial charge >= 0.3 is 0 Å². The van der Waals surface area contributed by atoms with Crippen molar-refractivity contribution in [2.24, 2.45) is 0 Å². The number of hydrogen-bond acceptors (Lipinski definition) is 5. The Kier molecular flexibility index (Phi) is 3.59. The van der Waals surface area contributed by atoms with E-state index in [0.717, 1.165) is 13.1 Å². The third-order valence-corrected chi connectivity index (χ3v) is 5.36. The molecule has 1 saturated heterocycles. The molecule has 0 aromatic carbocycles. The van der Waals surface area contributed by atoms with Gasteiger partial charge in [-0.2, -0.15) is 9.40 Å². The molecular weight excluding hydrogens is 266 g/mol. The van der Waals surface area contributed by atoms with Crippen molar-refractivity contribution in [3.05, 3.63) is 6.20 Å². The highest BCUT2D eigenvalue weighted by Gasteiger charge is 2.33. The van der Waals surface area contributed by atoms with Gasteiger partial charge < -0.3 is 5.73 Å². The summed E-state index contributed by atoms with van der Waals surface area (Å²) >= 11 is 0. The second-order valence-electron chi connectivity index (χ2n) is 5.71. The number of nitrogens with zero attached hydrogens (tertiary/aromatic N) is 3. The molecule has 1 aromatic heterocycles. The molecule has 1 aliphatic heterocycles. The molecule has 0 unspecified atom stereocenters. The van der Waals surface area contributed by atoms with E-state index in [0.29, 0.717) is 13.1 Å². The summed E-state index contributed by atoms with van der Waals surface area (Å²) < 4.78 is 26.3. The van der Waals surface area contributed by atoms with E-state index in [9.17, 15) is 8.42 Å². The first-order valence-corrected chi connectivity index (χ1v) is 7.71. The van der Waals surface area contributed by atoms with Crippen LogP contribution < -0.4 is 5.73 Å². The van der Waals surface area contributed by atoms with Crippen LogP contribution in [0, 0.1) is 0 Å². The summed E-state index contributed by atoms with van der Waals surface area (Å²) in [6.45, 7) is 8.79. The Bertz CT molecular complexity index is 538. The molecule has 0 saturated carbocycles. The van der Waals surface area contributed by atoms with Gasteiger partial charge in [0, 0.05) is 31.7 Å². The number of hydrogen-bond donors (Lipinski definition) is 2. The van der Waals surface area contributed by atoms with E-state index in [1.165, 1.54) is 10.5 Å². The number of H-pyrrole nitrogens is 1. The van der Waals surface area contributed by atoms with Crippen LogP contribution in [0.3, 0.4) is 0 Å². The minimum atomic E-state index is -3.53. The van der Waals surface area contributed by atoms with Crippen LogP contribution in [0.5, 0.6) is 0 Å². The average Bonchev–Trinajstić information content (AvgIpc) is 2.75. The summed E-state index contributed by atoms with van der Waals surface area (Å²) in [5.74, 6) is 0.0956. The molecule has 0 aliphatic carbocycles. The number of anilines is 1. The standard InChI is InChI=1S/C11H21N5O2S/c1-11(2,3)15-4-6-16(7-5-15)19(17,18)9-8-13-14-10(9)12/h8H,4-7H2,1-3H3,(H3,12,13,14). The van der Waals surface area contributed by atoms with Crippen LogP contribution >= 0.6 is 0 Å². The molecule has 19 heavy (non-hydrogen) atoms. The number of nitrogens with two attached hydrogens (primary N) is 1. The topological polar surface area (TPSA) is 95.3 Å². The molecule has 1 fully saturated rings. The molecule has 3 N–H and O–H groups in total. The number of piperazine rings is 1. The Morgan fingerprint density at radius 3 is 2.26 bits per heavy atom. The fraction of sp³-hybridized carbons (Fsp3) is 0.727. The van der Waals surface area contributed by atoms with Crippen LogP contribution in [0.1, 0.15) is 20.8 Å². The molecule has 0 spiro atoms. The van der Waals surface area contributed by atoms with Gasteiger partial charge in [-0.15, -0.1) is 0 Å². The smallest absolute Gasteiger partial charge is 0.248 e. The summed E-state index contributed by atoms with van der Waals surface area (Å²) in [5.41, 5.74) is 5.66. The summed E-state index contributed by atoms with van der Waals surface area (Å²) in [6.07, 6.45) is 1.26. The third kappa shape index (κ3) is 2.75. The van der Waals surface area contributed by atoms with Crippen molar-refractivity contribution in [2.45, 2.75) is 31.2 Å². The SMILES string of the molecule is CC(C)(C)N1CCN(S(=O)(=O)c2cn[nH]c2N)CC1. The van der Waals surface area contributed by atoms with Crippen molar-refractivity contribution in [2.75, 3.05) is 31.9 Å². The Morgan fingerprint density at radius 1 is 1.26 bits per heavy atom. The van der Waals surface area contributed by atoms with E-state index in [-0.39, 0.29) is 16.3 Å². The maximum atomic E-state index is 12.4. The first-order chi connectivity index (χ1) is 8.73. The van der Waals surface area contributed by atoms with Gasteiger partial charge in [0.1, 0.15) is 10.7 Å². The van der Waals surface area contributed by atoms with Crippen molar-refractivity contribution in [3.63, 3.8) is 0 Å². The fourth-order valence-corrected chi connectivity index (χ4v) is 3.66. The van der Waals surface area contributed by atoms with E-state index in [1.807, 2.05) is 0 Å². The van der Waals surface area contributed by atoms with Crippen LogP contribution in [0.2, 0.25) is 0 Å². The Morgan fingerprint density at radius 2 is 1.84 bits per heavy atom. The molecule has 1 aromatic rings. The molecule has 1 aliphatic rings. The van der Waals surface area contributed by atoms with Gasteiger partial charge in [-0.3, -0.25) is 10.00 Å². The van der Waals surface area contributed by atoms with Gasteiger partial charge in [-0.25, -0.2) is 8.42 Å². The van der Waals surface area contributed by atoms with Crippen molar-refractivity contribution >= 4 is 15.8 Å². The number of aromatic amines is 1. The molecule has 8 heteroatoms. The molecule has 2 rings (SSSR count). The zero-order valence-electron chi connectivity index (χ0n) is 11.5. The lowest BCUT2D eigenvalue weighted by Gasteiger charge is -2.41. The van der Waals surface area contributed by atoms with Crippen molar-refractivity contribution in [1.82, 2.24) is 19.4 Å². The molecule has 0 atom stereocenters. The molecule has 7 nitrogen and oxygen atoms in total. The second kappa shape index (κ2) is 4.77. The lowest BCUT2D eigenvalue weighted by atomic mass is 10.1. The molecular formula is C11H21N5O2S. The summed E-state index contributed by atoms with van der Waals surface area (Å²) in [4.78, 5) is 2.34.